The van der Waals surface area contributed by atoms with E-state index in [0.29, 0.717) is 4.47 Å². The second-order valence-electron chi connectivity index (χ2n) is 7.70. The highest BCUT2D eigenvalue weighted by Crippen LogP contribution is 2.34. The third kappa shape index (κ3) is 7.25. The van der Waals surface area contributed by atoms with Crippen LogP contribution in [0.5, 0.6) is 0 Å². The monoisotopic (exact) mass is 531 g/mol. The first-order chi connectivity index (χ1) is 15.2. The third-order valence-corrected chi connectivity index (χ3v) is 7.01. The van der Waals surface area contributed by atoms with Crippen LogP contribution in [0.15, 0.2) is 64.0 Å². The molecule has 1 aliphatic rings. The molecule has 174 valence electrons. The Kier molecular flexibility index (Phi) is 8.61. The Bertz CT molecular complexity index is 981. The molecule has 0 aromatic heterocycles. The minimum Gasteiger partial charge on any atom is -0.445 e. The highest BCUT2D eigenvalue weighted by Gasteiger charge is 2.36. The summed E-state index contributed by atoms with van der Waals surface area (Å²) in [5.74, 6) is -0.349. The molecule has 0 saturated heterocycles. The molecular formula is C22H24BrF2NO5S. The van der Waals surface area contributed by atoms with E-state index in [9.17, 15) is 22.0 Å². The van der Waals surface area contributed by atoms with Crippen LogP contribution < -0.4 is 5.32 Å². The molecule has 2 aromatic carbocycles. The first-order valence-electron chi connectivity index (χ1n) is 10.1. The highest BCUT2D eigenvalue weighted by molar-refractivity contribution is 9.10. The summed E-state index contributed by atoms with van der Waals surface area (Å²) in [6.45, 7) is -0.358. The van der Waals surface area contributed by atoms with E-state index in [-0.39, 0.29) is 43.3 Å². The average molecular weight is 532 g/mol. The van der Waals surface area contributed by atoms with Gasteiger partial charge in [0.2, 0.25) is 0 Å². The molecule has 32 heavy (non-hydrogen) atoms. The van der Waals surface area contributed by atoms with Gasteiger partial charge in [0.15, 0.2) is 0 Å². The van der Waals surface area contributed by atoms with Crippen molar-refractivity contribution in [2.45, 2.75) is 49.2 Å². The van der Waals surface area contributed by atoms with E-state index in [1.165, 1.54) is 12.1 Å². The van der Waals surface area contributed by atoms with Crippen LogP contribution in [-0.2, 0) is 25.6 Å². The molecule has 1 N–H and O–H groups in total. The summed E-state index contributed by atoms with van der Waals surface area (Å²) in [5, 5.41) is 2.57. The zero-order chi connectivity index (χ0) is 23.1. The lowest BCUT2D eigenvalue weighted by Crippen LogP contribution is -2.40. The number of rotatable bonds is 9. The second-order valence-corrected chi connectivity index (χ2v) is 10.2. The van der Waals surface area contributed by atoms with Gasteiger partial charge in [0, 0.05) is 4.47 Å². The van der Waals surface area contributed by atoms with Gasteiger partial charge in [-0.3, -0.25) is 4.18 Å². The van der Waals surface area contributed by atoms with E-state index < -0.39 is 34.6 Å². The lowest BCUT2D eigenvalue weighted by atomic mass is 9.99. The molecule has 0 unspecified atom stereocenters. The van der Waals surface area contributed by atoms with E-state index in [1.807, 2.05) is 6.07 Å². The lowest BCUT2D eigenvalue weighted by Gasteiger charge is -2.21. The molecule has 1 aliphatic carbocycles. The van der Waals surface area contributed by atoms with E-state index in [4.69, 9.17) is 8.92 Å². The maximum atomic E-state index is 13.6. The first-order valence-corrected chi connectivity index (χ1v) is 12.3. The zero-order valence-electron chi connectivity index (χ0n) is 17.1. The fraction of sp³-hybridized carbons (Fsp3) is 0.409. The van der Waals surface area contributed by atoms with Crippen LogP contribution >= 0.6 is 15.9 Å². The first kappa shape index (κ1) is 24.6. The molecule has 2 aromatic rings. The quantitative estimate of drug-likeness (QED) is 0.464. The Morgan fingerprint density at radius 1 is 1.06 bits per heavy atom. The van der Waals surface area contributed by atoms with Gasteiger partial charge in [0.1, 0.15) is 19.0 Å². The summed E-state index contributed by atoms with van der Waals surface area (Å²) in [6, 6.07) is 14.1. The van der Waals surface area contributed by atoms with Crippen molar-refractivity contribution in [3.63, 3.8) is 0 Å². The number of carbonyl (C=O) groups excluding carboxylic acids is 1. The predicted molar refractivity (Wildman–Crippen MR) is 118 cm³/mol. The van der Waals surface area contributed by atoms with E-state index in [1.54, 1.807) is 36.4 Å². The highest BCUT2D eigenvalue weighted by atomic mass is 79.9. The van der Waals surface area contributed by atoms with Gasteiger partial charge in [0.25, 0.3) is 10.1 Å². The van der Waals surface area contributed by atoms with Crippen molar-refractivity contribution >= 4 is 32.1 Å². The van der Waals surface area contributed by atoms with E-state index >= 15 is 0 Å². The Morgan fingerprint density at radius 2 is 1.69 bits per heavy atom. The van der Waals surface area contributed by atoms with Gasteiger partial charge >= 0.3 is 6.09 Å². The molecule has 0 aliphatic heterocycles. The van der Waals surface area contributed by atoms with Gasteiger partial charge in [0.05, 0.1) is 17.5 Å². The number of hydrogen-bond acceptors (Lipinski definition) is 5. The molecule has 10 heteroatoms. The molecular weight excluding hydrogens is 508 g/mol. The Labute approximate surface area is 194 Å². The van der Waals surface area contributed by atoms with Crippen molar-refractivity contribution in [1.82, 2.24) is 5.32 Å². The molecule has 1 saturated carbocycles. The van der Waals surface area contributed by atoms with Crippen LogP contribution in [0.2, 0.25) is 0 Å². The van der Waals surface area contributed by atoms with Gasteiger partial charge in [-0.05, 0) is 55.0 Å². The standard InChI is InChI=1S/C22H24BrF2NO5S/c23-17-6-8-19(9-7-17)32(28,29)31-14-18(10-16-11-20(24)21(25)12-16)26-22(27)30-13-15-4-2-1-3-5-15/h1-9,16,18,20-21H,10-14H2,(H,26,27)/t16-,18-,20+,21-/m0/s1. The molecule has 0 radical (unpaired) electrons. The second kappa shape index (κ2) is 11.2. The minimum atomic E-state index is -4.08. The summed E-state index contributed by atoms with van der Waals surface area (Å²) in [4.78, 5) is 12.2. The molecule has 3 rings (SSSR count). The number of alkyl halides is 2. The number of alkyl carbamates (subject to hydrolysis) is 1. The van der Waals surface area contributed by atoms with Gasteiger partial charge < -0.3 is 10.1 Å². The molecule has 1 fully saturated rings. The molecule has 0 heterocycles. The fourth-order valence-electron chi connectivity index (χ4n) is 3.56. The van der Waals surface area contributed by atoms with Crippen LogP contribution in [0.1, 0.15) is 24.8 Å². The Balaban J connectivity index is 1.61. The lowest BCUT2D eigenvalue weighted by molar-refractivity contribution is 0.128. The number of carbonyl (C=O) groups is 1. The zero-order valence-corrected chi connectivity index (χ0v) is 19.5. The summed E-state index contributed by atoms with van der Waals surface area (Å²) < 4.78 is 63.2. The molecule has 0 bridgehead atoms. The van der Waals surface area contributed by atoms with E-state index in [2.05, 4.69) is 21.2 Å². The van der Waals surface area contributed by atoms with Crippen molar-refractivity contribution in [2.75, 3.05) is 6.61 Å². The normalized spacial score (nSPS) is 21.8. The molecule has 0 spiro atoms. The van der Waals surface area contributed by atoms with Crippen molar-refractivity contribution in [1.29, 1.82) is 0 Å². The summed E-state index contributed by atoms with van der Waals surface area (Å²) in [5.41, 5.74) is 0.782. The topological polar surface area (TPSA) is 81.7 Å². The summed E-state index contributed by atoms with van der Waals surface area (Å²) in [6.07, 6.45) is -3.70. The van der Waals surface area contributed by atoms with Crippen LogP contribution in [0.25, 0.3) is 0 Å². The summed E-state index contributed by atoms with van der Waals surface area (Å²) >= 11 is 3.23. The van der Waals surface area contributed by atoms with Gasteiger partial charge in [-0.1, -0.05) is 46.3 Å². The van der Waals surface area contributed by atoms with Crippen molar-refractivity contribution in [3.05, 3.63) is 64.6 Å². The minimum absolute atomic E-state index is 0.0118. The maximum Gasteiger partial charge on any atom is 0.407 e. The number of halogens is 3. The van der Waals surface area contributed by atoms with E-state index in [0.717, 1.165) is 5.56 Å². The Hall–Kier alpha value is -2.04. The number of nitrogens with one attached hydrogen (secondary N) is 1. The van der Waals surface area contributed by atoms with Crippen molar-refractivity contribution < 1.29 is 30.9 Å². The van der Waals surface area contributed by atoms with Crippen LogP contribution in [0, 0.1) is 5.92 Å². The SMILES string of the molecule is O=C(N[C@H](COS(=O)(=O)c1ccc(Br)cc1)C[C@H]1C[C@@H](F)[C@@H](F)C1)OCc1ccccc1. The van der Waals surface area contributed by atoms with Crippen molar-refractivity contribution in [3.8, 4) is 0 Å². The third-order valence-electron chi connectivity index (χ3n) is 5.19. The summed E-state index contributed by atoms with van der Waals surface area (Å²) in [7, 11) is -4.08. The van der Waals surface area contributed by atoms with Gasteiger partial charge in [-0.25, -0.2) is 13.6 Å². The Morgan fingerprint density at radius 3 is 2.31 bits per heavy atom. The fourth-order valence-corrected chi connectivity index (χ4v) is 4.78. The average Bonchev–Trinajstić information content (AvgIpc) is 3.08. The predicted octanol–water partition coefficient (Wildman–Crippen LogP) is 4.93. The van der Waals surface area contributed by atoms with Gasteiger partial charge in [-0.15, -0.1) is 0 Å². The number of amides is 1. The maximum absolute atomic E-state index is 13.6. The van der Waals surface area contributed by atoms with Gasteiger partial charge in [-0.2, -0.15) is 8.42 Å². The van der Waals surface area contributed by atoms with Crippen molar-refractivity contribution in [2.24, 2.45) is 5.92 Å². The van der Waals surface area contributed by atoms with Crippen LogP contribution in [0.4, 0.5) is 13.6 Å². The number of ether oxygens (including phenoxy) is 1. The smallest absolute Gasteiger partial charge is 0.407 e. The molecule has 1 amide bonds. The number of benzene rings is 2. The largest absolute Gasteiger partial charge is 0.445 e. The molecule has 4 atom stereocenters. The number of hydrogen-bond donors (Lipinski definition) is 1. The van der Waals surface area contributed by atoms with Crippen LogP contribution in [0.3, 0.4) is 0 Å². The van der Waals surface area contributed by atoms with Crippen LogP contribution in [-0.4, -0.2) is 39.5 Å². The molecule has 6 nitrogen and oxygen atoms in total.